The molecule has 0 atom stereocenters. The van der Waals surface area contributed by atoms with Gasteiger partial charge in [0.15, 0.2) is 5.84 Å². The van der Waals surface area contributed by atoms with Crippen LogP contribution in [-0.4, -0.2) is 22.6 Å². The van der Waals surface area contributed by atoms with E-state index in [0.717, 1.165) is 12.0 Å². The van der Waals surface area contributed by atoms with E-state index in [9.17, 15) is 0 Å². The van der Waals surface area contributed by atoms with Gasteiger partial charge in [-0.15, -0.1) is 0 Å². The van der Waals surface area contributed by atoms with Crippen molar-refractivity contribution >= 4 is 17.4 Å². The third-order valence-corrected chi connectivity index (χ3v) is 3.03. The van der Waals surface area contributed by atoms with E-state index >= 15 is 0 Å². The lowest BCUT2D eigenvalue weighted by Gasteiger charge is -2.09. The van der Waals surface area contributed by atoms with Crippen LogP contribution in [-0.2, 0) is 6.42 Å². The van der Waals surface area contributed by atoms with Crippen LogP contribution in [0.2, 0.25) is 5.02 Å². The number of halogens is 1. The molecule has 0 aliphatic rings. The first-order valence-electron chi connectivity index (χ1n) is 6.00. The van der Waals surface area contributed by atoms with Crippen molar-refractivity contribution in [3.05, 3.63) is 58.9 Å². The van der Waals surface area contributed by atoms with Crippen molar-refractivity contribution in [3.8, 4) is 5.75 Å². The van der Waals surface area contributed by atoms with Crippen LogP contribution < -0.4 is 10.5 Å². The lowest BCUT2D eigenvalue weighted by atomic mass is 10.2. The fraction of sp³-hybridized carbons (Fsp3) is 0.143. The Morgan fingerprint density at radius 2 is 2.05 bits per heavy atom. The molecule has 3 N–H and O–H groups in total. The van der Waals surface area contributed by atoms with Gasteiger partial charge in [0.25, 0.3) is 0 Å². The van der Waals surface area contributed by atoms with E-state index in [0.29, 0.717) is 22.9 Å². The second kappa shape index (κ2) is 6.77. The van der Waals surface area contributed by atoms with E-state index in [1.165, 1.54) is 0 Å². The van der Waals surface area contributed by atoms with E-state index in [1.807, 2.05) is 12.1 Å². The second-order valence-electron chi connectivity index (χ2n) is 4.08. The molecule has 1 aromatic carbocycles. The van der Waals surface area contributed by atoms with Crippen molar-refractivity contribution in [2.75, 3.05) is 6.61 Å². The minimum atomic E-state index is 0.00948. The molecule has 104 valence electrons. The largest absolute Gasteiger partial charge is 0.492 e. The van der Waals surface area contributed by atoms with E-state index in [4.69, 9.17) is 27.3 Å². The quantitative estimate of drug-likeness (QED) is 0.384. The van der Waals surface area contributed by atoms with Crippen molar-refractivity contribution in [2.45, 2.75) is 6.42 Å². The van der Waals surface area contributed by atoms with E-state index in [2.05, 4.69) is 10.1 Å². The maximum atomic E-state index is 8.60. The summed E-state index contributed by atoms with van der Waals surface area (Å²) >= 11 is 6.09. The van der Waals surface area contributed by atoms with E-state index in [-0.39, 0.29) is 5.84 Å². The van der Waals surface area contributed by atoms with Crippen molar-refractivity contribution < 1.29 is 9.94 Å². The molecule has 6 heteroatoms. The number of rotatable bonds is 5. The number of nitrogens with zero attached hydrogens (tertiary/aromatic N) is 2. The highest BCUT2D eigenvalue weighted by atomic mass is 35.5. The molecule has 5 nitrogen and oxygen atoms in total. The van der Waals surface area contributed by atoms with Gasteiger partial charge < -0.3 is 15.7 Å². The Bertz CT molecular complexity index is 603. The van der Waals surface area contributed by atoms with Crippen LogP contribution in [0.25, 0.3) is 0 Å². The zero-order chi connectivity index (χ0) is 14.4. The van der Waals surface area contributed by atoms with Crippen LogP contribution in [0.3, 0.4) is 0 Å². The van der Waals surface area contributed by atoms with Crippen LogP contribution in [0.5, 0.6) is 5.75 Å². The molecule has 0 spiro atoms. The van der Waals surface area contributed by atoms with Gasteiger partial charge in [-0.05, 0) is 35.9 Å². The van der Waals surface area contributed by atoms with Gasteiger partial charge in [0, 0.05) is 24.4 Å². The summed E-state index contributed by atoms with van der Waals surface area (Å²) in [7, 11) is 0. The third kappa shape index (κ3) is 3.61. The number of nitrogens with two attached hydrogens (primary N) is 1. The average molecular weight is 292 g/mol. The standard InChI is InChI=1S/C14H14ClN3O2/c15-12-9-11(14(16)18-19)1-2-13(12)20-8-5-10-3-6-17-7-4-10/h1-4,6-7,9,19H,5,8H2,(H2,16,18). The molecule has 2 aromatic rings. The van der Waals surface area contributed by atoms with Gasteiger partial charge in [0.05, 0.1) is 11.6 Å². The third-order valence-electron chi connectivity index (χ3n) is 2.73. The van der Waals surface area contributed by atoms with E-state index in [1.54, 1.807) is 30.6 Å². The Kier molecular flexibility index (Phi) is 4.79. The summed E-state index contributed by atoms with van der Waals surface area (Å²) in [4.78, 5) is 3.95. The fourth-order valence-electron chi connectivity index (χ4n) is 1.66. The average Bonchev–Trinajstić information content (AvgIpc) is 2.49. The smallest absolute Gasteiger partial charge is 0.170 e. The van der Waals surface area contributed by atoms with Gasteiger partial charge in [-0.3, -0.25) is 4.98 Å². The van der Waals surface area contributed by atoms with Gasteiger partial charge in [0.1, 0.15) is 5.75 Å². The Hall–Kier alpha value is -2.27. The number of hydrogen-bond donors (Lipinski definition) is 2. The Balaban J connectivity index is 1.97. The maximum absolute atomic E-state index is 8.60. The first kappa shape index (κ1) is 14.1. The number of ether oxygens (including phenoxy) is 1. The topological polar surface area (TPSA) is 80.7 Å². The van der Waals surface area contributed by atoms with Gasteiger partial charge in [-0.2, -0.15) is 0 Å². The van der Waals surface area contributed by atoms with E-state index < -0.39 is 0 Å². The highest BCUT2D eigenvalue weighted by Crippen LogP contribution is 2.25. The first-order chi connectivity index (χ1) is 9.70. The molecule has 0 aliphatic heterocycles. The molecular formula is C14H14ClN3O2. The first-order valence-corrected chi connectivity index (χ1v) is 6.37. The van der Waals surface area contributed by atoms with Crippen molar-refractivity contribution in [2.24, 2.45) is 10.9 Å². The SMILES string of the molecule is NC(=NO)c1ccc(OCCc2ccncc2)c(Cl)c1. The predicted molar refractivity (Wildman–Crippen MR) is 77.4 cm³/mol. The summed E-state index contributed by atoms with van der Waals surface area (Å²) in [5, 5.41) is 11.9. The Morgan fingerprint density at radius 1 is 1.30 bits per heavy atom. The van der Waals surface area contributed by atoms with Crippen LogP contribution >= 0.6 is 11.6 Å². The fourth-order valence-corrected chi connectivity index (χ4v) is 1.90. The molecule has 0 fully saturated rings. The molecule has 20 heavy (non-hydrogen) atoms. The zero-order valence-electron chi connectivity index (χ0n) is 10.7. The second-order valence-corrected chi connectivity index (χ2v) is 4.49. The summed E-state index contributed by atoms with van der Waals surface area (Å²) in [5.74, 6) is 0.574. The molecule has 0 saturated heterocycles. The molecular weight excluding hydrogens is 278 g/mol. The number of aromatic nitrogens is 1. The number of benzene rings is 1. The predicted octanol–water partition coefficient (Wildman–Crippen LogP) is 2.45. The summed E-state index contributed by atoms with van der Waals surface area (Å²) in [5.41, 5.74) is 7.17. The minimum absolute atomic E-state index is 0.00948. The Morgan fingerprint density at radius 3 is 2.70 bits per heavy atom. The van der Waals surface area contributed by atoms with Crippen molar-refractivity contribution in [1.82, 2.24) is 4.98 Å². The number of pyridine rings is 1. The number of hydrogen-bond acceptors (Lipinski definition) is 4. The molecule has 0 amide bonds. The normalized spacial score (nSPS) is 11.3. The lowest BCUT2D eigenvalue weighted by Crippen LogP contribution is -2.13. The monoisotopic (exact) mass is 291 g/mol. The van der Waals surface area contributed by atoms with Gasteiger partial charge >= 0.3 is 0 Å². The molecule has 1 aromatic heterocycles. The molecule has 0 radical (unpaired) electrons. The van der Waals surface area contributed by atoms with Gasteiger partial charge in [-0.25, -0.2) is 0 Å². The summed E-state index contributed by atoms with van der Waals surface area (Å²) in [6.07, 6.45) is 4.25. The van der Waals surface area contributed by atoms with Gasteiger partial charge in [-0.1, -0.05) is 16.8 Å². The number of amidine groups is 1. The number of oxime groups is 1. The molecule has 0 unspecified atom stereocenters. The van der Waals surface area contributed by atoms with Crippen molar-refractivity contribution in [1.29, 1.82) is 0 Å². The lowest BCUT2D eigenvalue weighted by molar-refractivity contribution is 0.318. The summed E-state index contributed by atoms with van der Waals surface area (Å²) in [6, 6.07) is 8.85. The van der Waals surface area contributed by atoms with Crippen LogP contribution in [0.1, 0.15) is 11.1 Å². The highest BCUT2D eigenvalue weighted by Gasteiger charge is 2.06. The maximum Gasteiger partial charge on any atom is 0.170 e. The molecule has 0 bridgehead atoms. The van der Waals surface area contributed by atoms with Crippen LogP contribution in [0.15, 0.2) is 47.9 Å². The molecule has 0 aliphatic carbocycles. The molecule has 2 rings (SSSR count). The van der Waals surface area contributed by atoms with Crippen molar-refractivity contribution in [3.63, 3.8) is 0 Å². The molecule has 1 heterocycles. The van der Waals surface area contributed by atoms with Gasteiger partial charge in [0.2, 0.25) is 0 Å². The highest BCUT2D eigenvalue weighted by molar-refractivity contribution is 6.32. The summed E-state index contributed by atoms with van der Waals surface area (Å²) in [6.45, 7) is 0.507. The Labute approximate surface area is 121 Å². The summed E-state index contributed by atoms with van der Waals surface area (Å²) < 4.78 is 5.61. The van der Waals surface area contributed by atoms with Crippen LogP contribution in [0.4, 0.5) is 0 Å². The zero-order valence-corrected chi connectivity index (χ0v) is 11.4. The minimum Gasteiger partial charge on any atom is -0.492 e. The van der Waals surface area contributed by atoms with Crippen LogP contribution in [0, 0.1) is 0 Å². The molecule has 0 saturated carbocycles.